The molecule has 18 heavy (non-hydrogen) atoms. The average Bonchev–Trinajstić information content (AvgIpc) is 2.37. The molecular weight excluding hydrogens is 242 g/mol. The maximum atomic E-state index is 6.20. The Bertz CT molecular complexity index is 428. The van der Waals surface area contributed by atoms with E-state index in [2.05, 4.69) is 37.1 Å². The molecule has 0 saturated carbocycles. The van der Waals surface area contributed by atoms with Crippen molar-refractivity contribution in [3.05, 3.63) is 34.3 Å². The lowest BCUT2D eigenvalue weighted by molar-refractivity contribution is 0.503. The number of hydrogen-bond acceptors (Lipinski definition) is 1. The fourth-order valence-corrected chi connectivity index (χ4v) is 2.21. The Labute approximate surface area is 116 Å². The van der Waals surface area contributed by atoms with Crippen LogP contribution >= 0.6 is 11.6 Å². The quantitative estimate of drug-likeness (QED) is 0.746. The fourth-order valence-electron chi connectivity index (χ4n) is 2.03. The molecular formula is C16H22ClN. The molecule has 0 radical (unpaired) electrons. The van der Waals surface area contributed by atoms with Gasteiger partial charge >= 0.3 is 0 Å². The van der Waals surface area contributed by atoms with Crippen molar-refractivity contribution in [2.24, 2.45) is 0 Å². The number of halogens is 1. The number of benzene rings is 1. The Kier molecular flexibility index (Phi) is 6.86. The first kappa shape index (κ1) is 15.1. The summed E-state index contributed by atoms with van der Waals surface area (Å²) < 4.78 is 0. The predicted molar refractivity (Wildman–Crippen MR) is 79.9 cm³/mol. The van der Waals surface area contributed by atoms with Crippen LogP contribution in [0.4, 0.5) is 0 Å². The van der Waals surface area contributed by atoms with Crippen LogP contribution in [0.25, 0.3) is 0 Å². The molecule has 0 bridgehead atoms. The summed E-state index contributed by atoms with van der Waals surface area (Å²) >= 11 is 6.20. The molecule has 98 valence electrons. The van der Waals surface area contributed by atoms with Gasteiger partial charge in [-0.25, -0.2) is 0 Å². The predicted octanol–water partition coefficient (Wildman–Crippen LogP) is 4.49. The van der Waals surface area contributed by atoms with Gasteiger partial charge in [-0.15, -0.1) is 11.8 Å². The van der Waals surface area contributed by atoms with E-state index in [9.17, 15) is 0 Å². The van der Waals surface area contributed by atoms with Gasteiger partial charge in [0.05, 0.1) is 0 Å². The Hall–Kier alpha value is -0.970. The van der Waals surface area contributed by atoms with Crippen molar-refractivity contribution >= 4 is 11.6 Å². The monoisotopic (exact) mass is 263 g/mol. The normalized spacial score (nSPS) is 11.8. The largest absolute Gasteiger partial charge is 0.310 e. The van der Waals surface area contributed by atoms with E-state index in [0.717, 1.165) is 30.8 Å². The maximum absolute atomic E-state index is 6.20. The molecule has 1 atom stereocenters. The van der Waals surface area contributed by atoms with Gasteiger partial charge in [0, 0.05) is 17.5 Å². The van der Waals surface area contributed by atoms with Gasteiger partial charge in [-0.1, -0.05) is 30.7 Å². The van der Waals surface area contributed by atoms with E-state index in [0.29, 0.717) is 6.04 Å². The van der Waals surface area contributed by atoms with E-state index in [-0.39, 0.29) is 0 Å². The average molecular weight is 264 g/mol. The van der Waals surface area contributed by atoms with E-state index < -0.39 is 0 Å². The maximum Gasteiger partial charge on any atom is 0.0438 e. The molecule has 0 heterocycles. The topological polar surface area (TPSA) is 12.0 Å². The lowest BCUT2D eigenvalue weighted by atomic mass is 9.97. The van der Waals surface area contributed by atoms with Crippen LogP contribution in [0, 0.1) is 18.8 Å². The van der Waals surface area contributed by atoms with Crippen LogP contribution in [0.5, 0.6) is 0 Å². The van der Waals surface area contributed by atoms with Crippen LogP contribution in [0.3, 0.4) is 0 Å². The van der Waals surface area contributed by atoms with Gasteiger partial charge in [0.2, 0.25) is 0 Å². The molecule has 0 fully saturated rings. The highest BCUT2D eigenvalue weighted by molar-refractivity contribution is 6.31. The third kappa shape index (κ3) is 4.37. The van der Waals surface area contributed by atoms with Crippen molar-refractivity contribution in [3.8, 4) is 11.8 Å². The molecule has 0 saturated heterocycles. The zero-order valence-corrected chi connectivity index (χ0v) is 12.3. The zero-order chi connectivity index (χ0) is 13.4. The summed E-state index contributed by atoms with van der Waals surface area (Å²) in [5, 5.41) is 4.43. The van der Waals surface area contributed by atoms with Crippen molar-refractivity contribution in [1.82, 2.24) is 5.32 Å². The minimum Gasteiger partial charge on any atom is -0.310 e. The van der Waals surface area contributed by atoms with Crippen molar-refractivity contribution in [1.29, 1.82) is 0 Å². The van der Waals surface area contributed by atoms with Crippen molar-refractivity contribution in [2.45, 2.75) is 46.1 Å². The van der Waals surface area contributed by atoms with E-state index >= 15 is 0 Å². The van der Waals surface area contributed by atoms with Crippen LogP contribution < -0.4 is 5.32 Å². The van der Waals surface area contributed by atoms with Gasteiger partial charge in [0.15, 0.2) is 0 Å². The van der Waals surface area contributed by atoms with Crippen LogP contribution in [0.2, 0.25) is 5.02 Å². The molecule has 0 aliphatic carbocycles. The fraction of sp³-hybridized carbons (Fsp3) is 0.500. The van der Waals surface area contributed by atoms with Crippen LogP contribution in [-0.2, 0) is 0 Å². The standard InChI is InChI=1S/C16H22ClN/c1-4-6-7-11-16(18-12-5-2)14-9-8-10-15(17)13(14)3/h8-10,16,18H,5,7,11-12H2,1-3H3. The molecule has 1 aromatic carbocycles. The molecule has 0 aliphatic rings. The van der Waals surface area contributed by atoms with E-state index in [1.165, 1.54) is 11.1 Å². The molecule has 1 N–H and O–H groups in total. The van der Waals surface area contributed by atoms with E-state index in [4.69, 9.17) is 11.6 Å². The highest BCUT2D eigenvalue weighted by Crippen LogP contribution is 2.26. The molecule has 2 heteroatoms. The second kappa shape index (κ2) is 8.19. The highest BCUT2D eigenvalue weighted by Gasteiger charge is 2.13. The molecule has 1 rings (SSSR count). The lowest BCUT2D eigenvalue weighted by Crippen LogP contribution is -2.22. The number of hydrogen-bond donors (Lipinski definition) is 1. The first-order valence-corrected chi connectivity index (χ1v) is 6.96. The van der Waals surface area contributed by atoms with Crippen molar-refractivity contribution < 1.29 is 0 Å². The van der Waals surface area contributed by atoms with Crippen LogP contribution in [-0.4, -0.2) is 6.54 Å². The van der Waals surface area contributed by atoms with Crippen molar-refractivity contribution in [3.63, 3.8) is 0 Å². The Morgan fingerprint density at radius 2 is 2.17 bits per heavy atom. The summed E-state index contributed by atoms with van der Waals surface area (Å²) in [5.41, 5.74) is 2.48. The Balaban J connectivity index is 2.85. The van der Waals surface area contributed by atoms with Gasteiger partial charge in [0.1, 0.15) is 0 Å². The van der Waals surface area contributed by atoms with Crippen molar-refractivity contribution in [2.75, 3.05) is 6.54 Å². The number of rotatable bonds is 6. The number of nitrogens with one attached hydrogen (secondary N) is 1. The second-order valence-electron chi connectivity index (χ2n) is 4.43. The highest BCUT2D eigenvalue weighted by atomic mass is 35.5. The SMILES string of the molecule is CC#CCCC(NCCC)c1cccc(Cl)c1C. The van der Waals surface area contributed by atoms with Gasteiger partial charge < -0.3 is 5.32 Å². The lowest BCUT2D eigenvalue weighted by Gasteiger charge is -2.20. The molecule has 0 aromatic heterocycles. The first-order chi connectivity index (χ1) is 8.70. The molecule has 1 nitrogen and oxygen atoms in total. The molecule has 0 amide bonds. The Morgan fingerprint density at radius 1 is 1.39 bits per heavy atom. The summed E-state index contributed by atoms with van der Waals surface area (Å²) in [7, 11) is 0. The van der Waals surface area contributed by atoms with Gasteiger partial charge in [0.25, 0.3) is 0 Å². The van der Waals surface area contributed by atoms with Gasteiger partial charge in [-0.05, 0) is 50.4 Å². The Morgan fingerprint density at radius 3 is 2.83 bits per heavy atom. The first-order valence-electron chi connectivity index (χ1n) is 6.58. The molecule has 1 aromatic rings. The van der Waals surface area contributed by atoms with E-state index in [1.807, 2.05) is 19.1 Å². The zero-order valence-electron chi connectivity index (χ0n) is 11.5. The van der Waals surface area contributed by atoms with Gasteiger partial charge in [-0.3, -0.25) is 0 Å². The summed E-state index contributed by atoms with van der Waals surface area (Å²) in [5.74, 6) is 6.09. The summed E-state index contributed by atoms with van der Waals surface area (Å²) in [4.78, 5) is 0. The summed E-state index contributed by atoms with van der Waals surface area (Å²) in [6, 6.07) is 6.48. The third-order valence-corrected chi connectivity index (χ3v) is 3.47. The molecule has 1 unspecified atom stereocenters. The smallest absolute Gasteiger partial charge is 0.0438 e. The minimum absolute atomic E-state index is 0.351. The summed E-state index contributed by atoms with van der Waals surface area (Å²) in [6.45, 7) is 7.18. The molecule has 0 spiro atoms. The third-order valence-electron chi connectivity index (χ3n) is 3.06. The van der Waals surface area contributed by atoms with E-state index in [1.54, 1.807) is 0 Å². The van der Waals surface area contributed by atoms with Crippen LogP contribution in [0.15, 0.2) is 18.2 Å². The van der Waals surface area contributed by atoms with Gasteiger partial charge in [-0.2, -0.15) is 0 Å². The molecule has 0 aliphatic heterocycles. The summed E-state index contributed by atoms with van der Waals surface area (Å²) in [6.07, 6.45) is 3.08. The second-order valence-corrected chi connectivity index (χ2v) is 4.83. The minimum atomic E-state index is 0.351. The van der Waals surface area contributed by atoms with Crippen LogP contribution in [0.1, 0.15) is 50.3 Å².